The van der Waals surface area contributed by atoms with E-state index in [1.807, 2.05) is 0 Å². The van der Waals surface area contributed by atoms with Crippen LogP contribution in [0.2, 0.25) is 0 Å². The number of sulfone groups is 1. The van der Waals surface area contributed by atoms with Crippen molar-refractivity contribution >= 4 is 28.2 Å². The maximum absolute atomic E-state index is 12.0. The van der Waals surface area contributed by atoms with Crippen LogP contribution in [0.4, 0.5) is 0 Å². The third kappa shape index (κ3) is 5.12. The molecular weight excluding hydrogens is 276 g/mol. The molecule has 0 aromatic heterocycles. The SMILES string of the molecule is CC(N)C(C)C(=O)N(C)C(C)C(C)S(C)(=O)=O.Cl. The van der Waals surface area contributed by atoms with Crippen molar-refractivity contribution in [2.75, 3.05) is 13.3 Å². The highest BCUT2D eigenvalue weighted by molar-refractivity contribution is 7.91. The Bertz CT molecular complexity index is 370. The van der Waals surface area contributed by atoms with Crippen LogP contribution < -0.4 is 5.73 Å². The van der Waals surface area contributed by atoms with Crippen LogP contribution in [-0.2, 0) is 14.6 Å². The standard InChI is InChI=1S/C11H24N2O3S.ClH/c1-7(8(2)12)11(14)13(5)9(3)10(4)17(6,15)16;/h7-10H,12H2,1-6H3;1H. The molecule has 0 saturated carbocycles. The summed E-state index contributed by atoms with van der Waals surface area (Å²) in [6, 6.07) is -0.607. The van der Waals surface area contributed by atoms with Gasteiger partial charge in [0.1, 0.15) is 0 Å². The van der Waals surface area contributed by atoms with Crippen molar-refractivity contribution in [1.29, 1.82) is 0 Å². The lowest BCUT2D eigenvalue weighted by atomic mass is 10.0. The van der Waals surface area contributed by atoms with E-state index in [1.54, 1.807) is 34.7 Å². The highest BCUT2D eigenvalue weighted by atomic mass is 35.5. The Morgan fingerprint density at radius 1 is 1.17 bits per heavy atom. The van der Waals surface area contributed by atoms with Crippen molar-refractivity contribution in [2.24, 2.45) is 11.7 Å². The van der Waals surface area contributed by atoms with Gasteiger partial charge in [0.2, 0.25) is 5.91 Å². The van der Waals surface area contributed by atoms with Crippen molar-refractivity contribution in [3.63, 3.8) is 0 Å². The fourth-order valence-corrected chi connectivity index (χ4v) is 2.32. The van der Waals surface area contributed by atoms with E-state index < -0.39 is 15.1 Å². The summed E-state index contributed by atoms with van der Waals surface area (Å²) in [6.07, 6.45) is 1.18. The molecule has 0 aromatic carbocycles. The number of hydrogen-bond acceptors (Lipinski definition) is 4. The van der Waals surface area contributed by atoms with Gasteiger partial charge in [-0.15, -0.1) is 12.4 Å². The van der Waals surface area contributed by atoms with Crippen molar-refractivity contribution in [1.82, 2.24) is 4.90 Å². The average molecular weight is 301 g/mol. The van der Waals surface area contributed by atoms with Gasteiger partial charge in [0.15, 0.2) is 9.84 Å². The maximum Gasteiger partial charge on any atom is 0.226 e. The summed E-state index contributed by atoms with van der Waals surface area (Å²) in [5.41, 5.74) is 5.67. The Labute approximate surface area is 116 Å². The van der Waals surface area contributed by atoms with Crippen molar-refractivity contribution in [3.05, 3.63) is 0 Å². The van der Waals surface area contributed by atoms with Crippen LogP contribution in [-0.4, -0.2) is 49.9 Å². The summed E-state index contributed by atoms with van der Waals surface area (Å²) in [5.74, 6) is -0.433. The lowest BCUT2D eigenvalue weighted by molar-refractivity contribution is -0.135. The molecular formula is C11H25ClN2O3S. The molecule has 1 amide bonds. The zero-order chi connectivity index (χ0) is 14.0. The van der Waals surface area contributed by atoms with E-state index in [2.05, 4.69) is 0 Å². The van der Waals surface area contributed by atoms with Gasteiger partial charge in [0.25, 0.3) is 0 Å². The number of nitrogens with zero attached hydrogens (tertiary/aromatic N) is 1. The minimum atomic E-state index is -3.15. The molecule has 0 bridgehead atoms. The van der Waals surface area contributed by atoms with Gasteiger partial charge in [-0.05, 0) is 20.8 Å². The average Bonchev–Trinajstić information content (AvgIpc) is 2.22. The molecule has 4 atom stereocenters. The third-order valence-electron chi connectivity index (χ3n) is 3.49. The monoisotopic (exact) mass is 300 g/mol. The predicted molar refractivity (Wildman–Crippen MR) is 76.6 cm³/mol. The topological polar surface area (TPSA) is 80.5 Å². The molecule has 0 rings (SSSR count). The maximum atomic E-state index is 12.0. The zero-order valence-electron chi connectivity index (χ0n) is 11.9. The number of halogens is 1. The third-order valence-corrected chi connectivity index (χ3v) is 5.24. The minimum Gasteiger partial charge on any atom is -0.341 e. The molecule has 110 valence electrons. The van der Waals surface area contributed by atoms with Crippen LogP contribution in [0.1, 0.15) is 27.7 Å². The second-order valence-electron chi connectivity index (χ2n) is 4.87. The summed E-state index contributed by atoms with van der Waals surface area (Å²) in [7, 11) is -1.53. The first kappa shape index (κ1) is 20.0. The molecule has 0 aliphatic rings. The molecule has 2 N–H and O–H groups in total. The van der Waals surface area contributed by atoms with Crippen LogP contribution >= 0.6 is 12.4 Å². The second kappa shape index (κ2) is 7.31. The highest BCUT2D eigenvalue weighted by Gasteiger charge is 2.30. The first-order chi connectivity index (χ1) is 7.50. The molecule has 7 heteroatoms. The number of carbonyl (C=O) groups is 1. The molecule has 0 saturated heterocycles. The van der Waals surface area contributed by atoms with Gasteiger partial charge in [-0.2, -0.15) is 0 Å². The van der Waals surface area contributed by atoms with E-state index >= 15 is 0 Å². The molecule has 0 aliphatic carbocycles. The molecule has 0 spiro atoms. The summed E-state index contributed by atoms with van der Waals surface area (Å²) in [4.78, 5) is 13.5. The van der Waals surface area contributed by atoms with Gasteiger partial charge in [0.05, 0.1) is 11.2 Å². The lowest BCUT2D eigenvalue weighted by Gasteiger charge is -2.31. The minimum absolute atomic E-state index is 0. The number of carbonyl (C=O) groups excluding carboxylic acids is 1. The fraction of sp³-hybridized carbons (Fsp3) is 0.909. The second-order valence-corrected chi connectivity index (χ2v) is 7.27. The largest absolute Gasteiger partial charge is 0.341 e. The summed E-state index contributed by atoms with van der Waals surface area (Å²) >= 11 is 0. The van der Waals surface area contributed by atoms with Crippen LogP contribution in [0, 0.1) is 5.92 Å². The van der Waals surface area contributed by atoms with E-state index in [0.29, 0.717) is 0 Å². The molecule has 4 unspecified atom stereocenters. The van der Waals surface area contributed by atoms with Crippen LogP contribution in [0.3, 0.4) is 0 Å². The van der Waals surface area contributed by atoms with Gasteiger partial charge in [-0.25, -0.2) is 8.42 Å². The number of rotatable bonds is 5. The Morgan fingerprint density at radius 2 is 1.56 bits per heavy atom. The van der Waals surface area contributed by atoms with E-state index in [1.165, 1.54) is 11.2 Å². The molecule has 0 fully saturated rings. The zero-order valence-corrected chi connectivity index (χ0v) is 13.5. The van der Waals surface area contributed by atoms with Crippen LogP contribution in [0.5, 0.6) is 0 Å². The summed E-state index contributed by atoms with van der Waals surface area (Å²) < 4.78 is 22.9. The van der Waals surface area contributed by atoms with E-state index in [-0.39, 0.29) is 36.3 Å². The quantitative estimate of drug-likeness (QED) is 0.809. The van der Waals surface area contributed by atoms with Crippen LogP contribution in [0.25, 0.3) is 0 Å². The van der Waals surface area contributed by atoms with Crippen molar-refractivity contribution in [3.8, 4) is 0 Å². The first-order valence-corrected chi connectivity index (χ1v) is 7.66. The smallest absolute Gasteiger partial charge is 0.226 e. The Kier molecular flexibility index (Phi) is 8.12. The predicted octanol–water partition coefficient (Wildman–Crippen LogP) is 0.672. The highest BCUT2D eigenvalue weighted by Crippen LogP contribution is 2.14. The molecule has 18 heavy (non-hydrogen) atoms. The van der Waals surface area contributed by atoms with Gasteiger partial charge in [-0.1, -0.05) is 6.92 Å². The lowest BCUT2D eigenvalue weighted by Crippen LogP contribution is -2.48. The van der Waals surface area contributed by atoms with E-state index in [9.17, 15) is 13.2 Å². The molecule has 0 heterocycles. The molecule has 0 aliphatic heterocycles. The normalized spacial score (nSPS) is 18.2. The van der Waals surface area contributed by atoms with Crippen LogP contribution in [0.15, 0.2) is 0 Å². The van der Waals surface area contributed by atoms with E-state index in [0.717, 1.165) is 0 Å². The molecule has 0 aromatic rings. The van der Waals surface area contributed by atoms with E-state index in [4.69, 9.17) is 5.73 Å². The molecule has 5 nitrogen and oxygen atoms in total. The fourth-order valence-electron chi connectivity index (χ4n) is 1.42. The first-order valence-electron chi connectivity index (χ1n) is 5.71. The number of amides is 1. The van der Waals surface area contributed by atoms with Gasteiger partial charge in [0, 0.05) is 25.4 Å². The summed E-state index contributed by atoms with van der Waals surface area (Å²) in [5, 5.41) is -0.586. The molecule has 0 radical (unpaired) electrons. The Morgan fingerprint density at radius 3 is 1.83 bits per heavy atom. The Balaban J connectivity index is 0. The van der Waals surface area contributed by atoms with Crippen molar-refractivity contribution < 1.29 is 13.2 Å². The van der Waals surface area contributed by atoms with Gasteiger partial charge < -0.3 is 10.6 Å². The number of nitrogens with two attached hydrogens (primary N) is 1. The van der Waals surface area contributed by atoms with Gasteiger partial charge in [-0.3, -0.25) is 4.79 Å². The Hall–Kier alpha value is -0.330. The van der Waals surface area contributed by atoms with Crippen molar-refractivity contribution in [2.45, 2.75) is 45.0 Å². The number of hydrogen-bond donors (Lipinski definition) is 1. The summed E-state index contributed by atoms with van der Waals surface area (Å²) in [6.45, 7) is 6.86. The van der Waals surface area contributed by atoms with Gasteiger partial charge >= 0.3 is 0 Å².